The maximum Gasteiger partial charge on any atom is 0.306 e. The fraction of sp³-hybridized carbons (Fsp3) is 0.848. The highest BCUT2D eigenvalue weighted by molar-refractivity contribution is 5.71. The molecule has 52 heavy (non-hydrogen) atoms. The number of unbranched alkanes of at least 4 members (excludes halogenated alkanes) is 25. The van der Waals surface area contributed by atoms with Crippen LogP contribution < -0.4 is 0 Å². The standard InChI is InChI=1S/C46H84O6/c1-4-7-10-13-16-19-21-23-25-27-30-33-36-39-45(48)51-42-43(41-50-44(47)38-35-32-29-18-15-12-9-6-3)52-46(49)40-37-34-31-28-26-24-22-20-17-14-11-8-5-2/h19-22,43H,4-18,23-42H2,1-3H3/b21-19-,22-20-. The van der Waals surface area contributed by atoms with Gasteiger partial charge in [-0.15, -0.1) is 0 Å². The minimum Gasteiger partial charge on any atom is -0.462 e. The summed E-state index contributed by atoms with van der Waals surface area (Å²) in [6, 6.07) is 0. The van der Waals surface area contributed by atoms with Gasteiger partial charge in [0, 0.05) is 19.3 Å². The summed E-state index contributed by atoms with van der Waals surface area (Å²) in [7, 11) is 0. The van der Waals surface area contributed by atoms with Crippen LogP contribution in [-0.2, 0) is 28.6 Å². The summed E-state index contributed by atoms with van der Waals surface area (Å²) in [5.41, 5.74) is 0. The highest BCUT2D eigenvalue weighted by Crippen LogP contribution is 2.13. The normalized spacial score (nSPS) is 12.1. The van der Waals surface area contributed by atoms with Gasteiger partial charge in [0.05, 0.1) is 0 Å². The Morgan fingerprint density at radius 2 is 0.635 bits per heavy atom. The van der Waals surface area contributed by atoms with Crippen molar-refractivity contribution in [2.24, 2.45) is 0 Å². The van der Waals surface area contributed by atoms with E-state index in [2.05, 4.69) is 45.1 Å². The van der Waals surface area contributed by atoms with Crippen LogP contribution in [0.1, 0.15) is 233 Å². The third-order valence-electron chi connectivity index (χ3n) is 9.68. The molecule has 1 unspecified atom stereocenters. The van der Waals surface area contributed by atoms with Crippen molar-refractivity contribution in [2.45, 2.75) is 239 Å². The summed E-state index contributed by atoms with van der Waals surface area (Å²) in [5, 5.41) is 0. The molecular formula is C46H84O6. The average Bonchev–Trinajstić information content (AvgIpc) is 3.14. The van der Waals surface area contributed by atoms with Crippen molar-refractivity contribution in [1.29, 1.82) is 0 Å². The van der Waals surface area contributed by atoms with Crippen LogP contribution in [0.15, 0.2) is 24.3 Å². The molecule has 6 heteroatoms. The highest BCUT2D eigenvalue weighted by Gasteiger charge is 2.19. The lowest BCUT2D eigenvalue weighted by molar-refractivity contribution is -0.167. The number of carbonyl (C=O) groups excluding carboxylic acids is 3. The fourth-order valence-corrected chi connectivity index (χ4v) is 6.25. The van der Waals surface area contributed by atoms with Gasteiger partial charge in [-0.2, -0.15) is 0 Å². The third-order valence-corrected chi connectivity index (χ3v) is 9.68. The topological polar surface area (TPSA) is 78.9 Å². The molecule has 0 aliphatic rings. The van der Waals surface area contributed by atoms with E-state index in [0.29, 0.717) is 19.3 Å². The van der Waals surface area contributed by atoms with E-state index in [1.54, 1.807) is 0 Å². The number of carbonyl (C=O) groups is 3. The summed E-state index contributed by atoms with van der Waals surface area (Å²) in [5.74, 6) is -0.895. The predicted octanol–water partition coefficient (Wildman–Crippen LogP) is 14.0. The van der Waals surface area contributed by atoms with Gasteiger partial charge in [0.25, 0.3) is 0 Å². The summed E-state index contributed by atoms with van der Waals surface area (Å²) in [6.45, 7) is 6.56. The van der Waals surface area contributed by atoms with Crippen molar-refractivity contribution in [3.8, 4) is 0 Å². The smallest absolute Gasteiger partial charge is 0.306 e. The van der Waals surface area contributed by atoms with Gasteiger partial charge in [0.2, 0.25) is 0 Å². The largest absolute Gasteiger partial charge is 0.462 e. The molecule has 6 nitrogen and oxygen atoms in total. The van der Waals surface area contributed by atoms with Gasteiger partial charge in [-0.1, -0.05) is 167 Å². The zero-order valence-electron chi connectivity index (χ0n) is 34.6. The van der Waals surface area contributed by atoms with E-state index in [9.17, 15) is 14.4 Å². The molecule has 304 valence electrons. The van der Waals surface area contributed by atoms with Crippen molar-refractivity contribution < 1.29 is 28.6 Å². The van der Waals surface area contributed by atoms with Crippen molar-refractivity contribution >= 4 is 17.9 Å². The number of hydrogen-bond acceptors (Lipinski definition) is 6. The molecule has 0 N–H and O–H groups in total. The highest BCUT2D eigenvalue weighted by atomic mass is 16.6. The Bertz CT molecular complexity index is 850. The second kappa shape index (κ2) is 41.6. The van der Waals surface area contributed by atoms with Crippen LogP contribution in [-0.4, -0.2) is 37.2 Å². The van der Waals surface area contributed by atoms with Crippen molar-refractivity contribution in [3.05, 3.63) is 24.3 Å². The number of esters is 3. The Labute approximate surface area is 322 Å². The molecule has 0 spiro atoms. The van der Waals surface area contributed by atoms with Crippen LogP contribution in [0.5, 0.6) is 0 Å². The van der Waals surface area contributed by atoms with E-state index < -0.39 is 6.10 Å². The fourth-order valence-electron chi connectivity index (χ4n) is 6.25. The van der Waals surface area contributed by atoms with Crippen LogP contribution >= 0.6 is 0 Å². The Morgan fingerprint density at radius 3 is 0.981 bits per heavy atom. The minimum absolute atomic E-state index is 0.0752. The first-order valence-electron chi connectivity index (χ1n) is 22.3. The average molecular weight is 733 g/mol. The van der Waals surface area contributed by atoms with Crippen LogP contribution in [0.4, 0.5) is 0 Å². The molecule has 1 atom stereocenters. The SMILES string of the molecule is CCCCCC/C=C\CCCCCCCC(=O)OCC(COC(=O)CCCCCCCCCC)OC(=O)CCCCCCC/C=C\CCCCCC. The zero-order valence-corrected chi connectivity index (χ0v) is 34.6. The van der Waals surface area contributed by atoms with Gasteiger partial charge in [-0.3, -0.25) is 14.4 Å². The summed E-state index contributed by atoms with van der Waals surface area (Å²) in [4.78, 5) is 37.6. The lowest BCUT2D eigenvalue weighted by Gasteiger charge is -2.18. The number of allylic oxidation sites excluding steroid dienone is 4. The summed E-state index contributed by atoms with van der Waals surface area (Å²) >= 11 is 0. The second-order valence-electron chi connectivity index (χ2n) is 15.0. The molecule has 0 amide bonds. The van der Waals surface area contributed by atoms with E-state index in [1.165, 1.54) is 122 Å². The van der Waals surface area contributed by atoms with E-state index in [0.717, 1.165) is 70.6 Å². The molecule has 0 aromatic carbocycles. The molecule has 0 aliphatic carbocycles. The number of hydrogen-bond donors (Lipinski definition) is 0. The number of rotatable bonds is 40. The maximum atomic E-state index is 12.7. The van der Waals surface area contributed by atoms with E-state index in [1.807, 2.05) is 0 Å². The van der Waals surface area contributed by atoms with Crippen LogP contribution in [0.2, 0.25) is 0 Å². The molecular weight excluding hydrogens is 648 g/mol. The molecule has 0 aromatic heterocycles. The quantitative estimate of drug-likeness (QED) is 0.0270. The Hall–Kier alpha value is -2.11. The van der Waals surface area contributed by atoms with Gasteiger partial charge in [-0.05, 0) is 70.6 Å². The molecule has 0 aromatic rings. The van der Waals surface area contributed by atoms with Gasteiger partial charge >= 0.3 is 17.9 Å². The van der Waals surface area contributed by atoms with Crippen molar-refractivity contribution in [1.82, 2.24) is 0 Å². The molecule has 0 radical (unpaired) electrons. The van der Waals surface area contributed by atoms with Crippen molar-refractivity contribution in [2.75, 3.05) is 13.2 Å². The lowest BCUT2D eigenvalue weighted by Crippen LogP contribution is -2.30. The Balaban J connectivity index is 4.36. The molecule has 0 bridgehead atoms. The molecule has 0 fully saturated rings. The number of ether oxygens (including phenoxy) is 3. The van der Waals surface area contributed by atoms with Gasteiger partial charge in [0.15, 0.2) is 6.10 Å². The van der Waals surface area contributed by atoms with Gasteiger partial charge < -0.3 is 14.2 Å². The first-order valence-corrected chi connectivity index (χ1v) is 22.3. The van der Waals surface area contributed by atoms with E-state index in [4.69, 9.17) is 14.2 Å². The maximum absolute atomic E-state index is 12.7. The van der Waals surface area contributed by atoms with Crippen molar-refractivity contribution in [3.63, 3.8) is 0 Å². The Kier molecular flexibility index (Phi) is 40.0. The van der Waals surface area contributed by atoms with E-state index >= 15 is 0 Å². The van der Waals surface area contributed by atoms with Crippen LogP contribution in [0, 0.1) is 0 Å². The summed E-state index contributed by atoms with van der Waals surface area (Å²) in [6.07, 6.45) is 44.4. The molecule has 0 saturated heterocycles. The minimum atomic E-state index is -0.771. The molecule has 0 rings (SSSR count). The molecule has 0 saturated carbocycles. The van der Waals surface area contributed by atoms with E-state index in [-0.39, 0.29) is 31.1 Å². The van der Waals surface area contributed by atoms with Crippen LogP contribution in [0.3, 0.4) is 0 Å². The lowest BCUT2D eigenvalue weighted by atomic mass is 10.1. The first kappa shape index (κ1) is 49.9. The van der Waals surface area contributed by atoms with Crippen LogP contribution in [0.25, 0.3) is 0 Å². The first-order chi connectivity index (χ1) is 25.5. The van der Waals surface area contributed by atoms with Gasteiger partial charge in [0.1, 0.15) is 13.2 Å². The summed E-state index contributed by atoms with van der Waals surface area (Å²) < 4.78 is 16.6. The molecule has 0 aliphatic heterocycles. The molecule has 0 heterocycles. The Morgan fingerprint density at radius 1 is 0.365 bits per heavy atom. The monoisotopic (exact) mass is 733 g/mol. The predicted molar refractivity (Wildman–Crippen MR) is 219 cm³/mol. The third kappa shape index (κ3) is 39.1. The zero-order chi connectivity index (χ0) is 38.0. The second-order valence-corrected chi connectivity index (χ2v) is 15.0. The van der Waals surface area contributed by atoms with Gasteiger partial charge in [-0.25, -0.2) is 0 Å².